The van der Waals surface area contributed by atoms with Crippen LogP contribution < -0.4 is 18.5 Å². The molecule has 4 fully saturated rings. The molecule has 4 aliphatic rings. The van der Waals surface area contributed by atoms with Crippen LogP contribution in [0, 0.1) is 71.0 Å². The van der Waals surface area contributed by atoms with Gasteiger partial charge in [0.1, 0.15) is 23.0 Å². The van der Waals surface area contributed by atoms with Crippen LogP contribution >= 0.6 is 17.2 Å². The number of hydrogen-bond donors (Lipinski definition) is 1. The van der Waals surface area contributed by atoms with Crippen molar-refractivity contribution in [3.05, 3.63) is 59.7 Å². The molecule has 2 aromatic carbocycles. The Morgan fingerprint density at radius 3 is 1.55 bits per heavy atom. The van der Waals surface area contributed by atoms with Gasteiger partial charge in [0, 0.05) is 12.1 Å². The van der Waals surface area contributed by atoms with E-state index in [2.05, 4.69) is 75.8 Å². The molecule has 12 atom stereocenters. The lowest BCUT2D eigenvalue weighted by molar-refractivity contribution is -0.00260. The van der Waals surface area contributed by atoms with Crippen molar-refractivity contribution in [3.63, 3.8) is 0 Å². The zero-order chi connectivity index (χ0) is 48.5. The lowest BCUT2D eigenvalue weighted by atomic mass is 9.70. The fourth-order valence-corrected chi connectivity index (χ4v) is 14.4. The summed E-state index contributed by atoms with van der Waals surface area (Å²) in [7, 11) is -1.15. The molecule has 4 aliphatic carbocycles. The van der Waals surface area contributed by atoms with Crippen LogP contribution in [0.1, 0.15) is 175 Å². The third-order valence-corrected chi connectivity index (χ3v) is 18.4. The number of methoxy groups -OCH3 is 2. The molecule has 0 aromatic heterocycles. The number of carbonyl (C=O) groups is 1. The van der Waals surface area contributed by atoms with Crippen molar-refractivity contribution in [1.82, 2.24) is 0 Å². The summed E-state index contributed by atoms with van der Waals surface area (Å²) >= 11 is 0. The highest BCUT2D eigenvalue weighted by Gasteiger charge is 2.41. The molecule has 11 heteroatoms. The normalized spacial score (nSPS) is 30.0. The fraction of sp³-hybridized carbons (Fsp3) is 0.732. The van der Waals surface area contributed by atoms with Gasteiger partial charge in [0.05, 0.1) is 43.7 Å². The number of ketones is 1. The zero-order valence-corrected chi connectivity index (χ0v) is 45.1. The average Bonchev–Trinajstić information content (AvgIpc) is 3.27. The lowest BCUT2D eigenvalue weighted by Crippen LogP contribution is -2.36. The molecule has 1 N–H and O–H groups in total. The maximum Gasteiger partial charge on any atom is 0.397 e. The molecule has 2 aromatic rings. The van der Waals surface area contributed by atoms with Crippen molar-refractivity contribution in [2.24, 2.45) is 71.0 Å². The molecule has 0 spiro atoms. The Balaban J connectivity index is 1.23. The highest BCUT2D eigenvalue weighted by atomic mass is 31.2. The Bertz CT molecular complexity index is 1850. The van der Waals surface area contributed by atoms with E-state index < -0.39 is 17.2 Å². The number of allylic oxidation sites excluding steroid dienone is 1. The van der Waals surface area contributed by atoms with Gasteiger partial charge in [-0.1, -0.05) is 101 Å². The van der Waals surface area contributed by atoms with Crippen molar-refractivity contribution < 1.29 is 41.8 Å². The molecule has 0 heterocycles. The van der Waals surface area contributed by atoms with E-state index in [0.29, 0.717) is 93.8 Å². The van der Waals surface area contributed by atoms with Gasteiger partial charge in [-0.3, -0.25) is 18.4 Å². The molecular formula is C56H88O9P2. The average molecular weight is 967 g/mol. The number of ether oxygens (including phenoxy) is 2. The second kappa shape index (κ2) is 25.2. The predicted molar refractivity (Wildman–Crippen MR) is 274 cm³/mol. The van der Waals surface area contributed by atoms with Crippen LogP contribution in [-0.4, -0.2) is 43.2 Å². The van der Waals surface area contributed by atoms with Crippen molar-refractivity contribution in [2.75, 3.05) is 14.2 Å². The molecule has 6 rings (SSSR count). The van der Waals surface area contributed by atoms with Gasteiger partial charge in [0.2, 0.25) is 5.78 Å². The highest BCUT2D eigenvalue weighted by molar-refractivity contribution is 7.42. The van der Waals surface area contributed by atoms with E-state index in [4.69, 9.17) is 32.1 Å². The van der Waals surface area contributed by atoms with E-state index in [-0.39, 0.29) is 35.4 Å². The third-order valence-electron chi connectivity index (χ3n) is 16.4. The first-order chi connectivity index (χ1) is 31.9. The van der Waals surface area contributed by atoms with Crippen LogP contribution in [0.4, 0.5) is 0 Å². The Kier molecular flexibility index (Phi) is 20.4. The minimum atomic E-state index is -2.40. The van der Waals surface area contributed by atoms with Crippen LogP contribution in [-0.2, 0) is 13.6 Å². The Hall–Kier alpha value is -2.25. The first-order valence-corrected chi connectivity index (χ1v) is 28.4. The number of hydrogen-bond acceptors (Lipinski definition) is 9. The minimum Gasteiger partial charge on any atom is -0.497 e. The van der Waals surface area contributed by atoms with Gasteiger partial charge >= 0.3 is 17.2 Å². The van der Waals surface area contributed by atoms with Crippen LogP contribution in [0.25, 0.3) is 0 Å². The fourth-order valence-electron chi connectivity index (χ4n) is 12.1. The SMILES string of the molecule is C=C1C[C@H](CC[C@@H]2CCC(C(C)C)[C@H](OP(O)Oc3cc(OC)ccc3C(=O)c3ccc(OC)cc3OP(O[C@@H]3C[C@H](C)CC[C@H]3C(C)C)O[C@@H]3C[C@H](C)CC[C@H]3C(C)C)C2)CC[C@H]1C(C)C. The van der Waals surface area contributed by atoms with Gasteiger partial charge < -0.3 is 23.4 Å². The third kappa shape index (κ3) is 14.7. The molecule has 2 unspecified atom stereocenters. The summed E-state index contributed by atoms with van der Waals surface area (Å²) in [4.78, 5) is 26.7. The first-order valence-electron chi connectivity index (χ1n) is 26.2. The van der Waals surface area contributed by atoms with E-state index in [9.17, 15) is 4.89 Å². The largest absolute Gasteiger partial charge is 0.497 e. The van der Waals surface area contributed by atoms with Crippen LogP contribution in [0.5, 0.6) is 23.0 Å². The molecule has 0 bridgehead atoms. The molecule has 0 amide bonds. The maximum atomic E-state index is 15.0. The second-order valence-electron chi connectivity index (χ2n) is 22.6. The van der Waals surface area contributed by atoms with E-state index in [1.807, 2.05) is 0 Å². The summed E-state index contributed by atoms with van der Waals surface area (Å²) < 4.78 is 45.3. The van der Waals surface area contributed by atoms with Gasteiger partial charge in [0.15, 0.2) is 0 Å². The minimum absolute atomic E-state index is 0.0340. The van der Waals surface area contributed by atoms with E-state index >= 15 is 4.79 Å². The molecule has 67 heavy (non-hydrogen) atoms. The summed E-state index contributed by atoms with van der Waals surface area (Å²) in [5.74, 6) is 7.12. The lowest BCUT2D eigenvalue weighted by Gasteiger charge is -2.41. The number of rotatable bonds is 21. The van der Waals surface area contributed by atoms with Crippen molar-refractivity contribution in [1.29, 1.82) is 0 Å². The molecule has 376 valence electrons. The summed E-state index contributed by atoms with van der Waals surface area (Å²) in [6, 6.07) is 10.3. The van der Waals surface area contributed by atoms with Gasteiger partial charge in [0.25, 0.3) is 0 Å². The van der Waals surface area contributed by atoms with Crippen LogP contribution in [0.15, 0.2) is 48.6 Å². The molecule has 0 saturated heterocycles. The van der Waals surface area contributed by atoms with Crippen molar-refractivity contribution >= 4 is 23.0 Å². The van der Waals surface area contributed by atoms with Gasteiger partial charge in [-0.2, -0.15) is 0 Å². The number of benzene rings is 2. The van der Waals surface area contributed by atoms with Crippen LogP contribution in [0.3, 0.4) is 0 Å². The second-order valence-corrected chi connectivity index (χ2v) is 24.5. The predicted octanol–water partition coefficient (Wildman–Crippen LogP) is 16.0. The first kappa shape index (κ1) is 54.1. The highest BCUT2D eigenvalue weighted by Crippen LogP contribution is 2.53. The quantitative estimate of drug-likeness (QED) is 0.0744. The summed E-state index contributed by atoms with van der Waals surface area (Å²) in [5.41, 5.74) is 2.00. The van der Waals surface area contributed by atoms with E-state index in [0.717, 1.165) is 51.4 Å². The van der Waals surface area contributed by atoms with Crippen molar-refractivity contribution in [3.8, 4) is 23.0 Å². The summed E-state index contributed by atoms with van der Waals surface area (Å²) in [5, 5.41) is 0. The van der Waals surface area contributed by atoms with E-state index in [1.165, 1.54) is 44.1 Å². The maximum absolute atomic E-state index is 15.0. The van der Waals surface area contributed by atoms with Gasteiger partial charge in [-0.15, -0.1) is 0 Å². The van der Waals surface area contributed by atoms with Crippen LogP contribution in [0.2, 0.25) is 0 Å². The Morgan fingerprint density at radius 1 is 0.612 bits per heavy atom. The standard InChI is InChI=1S/C56H88O9P2/c1-34(2)45-24-18-41(30-40(45)11)16-17-42-19-25-48(37(7)8)53(31-42)61-66(58)62-54-32-43(59-12)20-26-49(54)56(57)50-27-21-44(60-13)33-55(50)65-67(63-51-28-38(9)14-22-46(51)35(3)4)64-52-29-39(10)15-23-47(52)36(5)6/h20-21,26-27,32-39,41-42,45-48,51-53,58H,11,14-19,22-25,28-31H2,1-10,12-13H3/t38-,39-,41-,42-,45+,46+,47+,48?,51-,52-,53-,66?/m1/s1. The zero-order valence-electron chi connectivity index (χ0n) is 43.3. The van der Waals surface area contributed by atoms with Crippen molar-refractivity contribution in [2.45, 2.75) is 177 Å². The molecule has 9 nitrogen and oxygen atoms in total. The Morgan fingerprint density at radius 2 is 1.07 bits per heavy atom. The number of carbonyl (C=O) groups excluding carboxylic acids is 1. The summed E-state index contributed by atoms with van der Waals surface area (Å²) in [6.45, 7) is 27.3. The molecule has 0 aliphatic heterocycles. The smallest absolute Gasteiger partial charge is 0.397 e. The van der Waals surface area contributed by atoms with Gasteiger partial charge in [-0.05, 0) is 166 Å². The van der Waals surface area contributed by atoms with Gasteiger partial charge in [-0.25, -0.2) is 0 Å². The Labute approximate surface area is 408 Å². The molecule has 4 saturated carbocycles. The monoisotopic (exact) mass is 967 g/mol. The topological polar surface area (TPSA) is 102 Å². The van der Waals surface area contributed by atoms with E-state index in [1.54, 1.807) is 50.6 Å². The summed E-state index contributed by atoms with van der Waals surface area (Å²) in [6.07, 6.45) is 15.3. The molecule has 0 radical (unpaired) electrons. The molecular weight excluding hydrogens is 879 g/mol.